The van der Waals surface area contributed by atoms with Gasteiger partial charge in [-0.25, -0.2) is 0 Å². The Balaban J connectivity index is 1.43. The Morgan fingerprint density at radius 3 is 2.83 bits per heavy atom. The van der Waals surface area contributed by atoms with E-state index in [9.17, 15) is 9.59 Å². The van der Waals surface area contributed by atoms with Crippen LogP contribution in [0.3, 0.4) is 0 Å². The van der Waals surface area contributed by atoms with E-state index in [1.54, 1.807) is 6.07 Å². The molecule has 124 valence electrons. The Morgan fingerprint density at radius 1 is 1.17 bits per heavy atom. The molecule has 0 aliphatic heterocycles. The first-order valence-electron chi connectivity index (χ1n) is 7.22. The summed E-state index contributed by atoms with van der Waals surface area (Å²) in [6.07, 6.45) is 2.41. The van der Waals surface area contributed by atoms with Crippen molar-refractivity contribution in [1.82, 2.24) is 25.2 Å². The summed E-state index contributed by atoms with van der Waals surface area (Å²) in [6, 6.07) is 8.76. The molecule has 0 fully saturated rings. The Kier molecular flexibility index (Phi) is 4.90. The summed E-state index contributed by atoms with van der Waals surface area (Å²) in [5.41, 5.74) is 0.760. The van der Waals surface area contributed by atoms with Crippen LogP contribution in [-0.4, -0.2) is 39.5 Å². The first-order chi connectivity index (χ1) is 11.6. The molecule has 3 rings (SSSR count). The molecule has 0 bridgehead atoms. The number of halogens is 1. The second-order valence-electron chi connectivity index (χ2n) is 4.93. The van der Waals surface area contributed by atoms with E-state index in [1.165, 1.54) is 6.07 Å². The normalized spacial score (nSPS) is 10.7. The number of carbonyl (C=O) groups is 2. The number of hydrogen-bond acceptors (Lipinski definition) is 5. The van der Waals surface area contributed by atoms with Crippen molar-refractivity contribution in [3.05, 3.63) is 52.8 Å². The maximum absolute atomic E-state index is 11.8. The summed E-state index contributed by atoms with van der Waals surface area (Å²) >= 11 is 3.11. The van der Waals surface area contributed by atoms with Crippen LogP contribution in [0.15, 0.2) is 45.6 Å². The number of fused-ring (bicyclic) bond motifs is 1. The van der Waals surface area contributed by atoms with Gasteiger partial charge in [0.05, 0.1) is 6.54 Å². The molecule has 2 amide bonds. The van der Waals surface area contributed by atoms with Crippen LogP contribution in [0.2, 0.25) is 0 Å². The molecular formula is C15H14BrN5O3. The van der Waals surface area contributed by atoms with Gasteiger partial charge in [-0.1, -0.05) is 6.07 Å². The predicted molar refractivity (Wildman–Crippen MR) is 88.4 cm³/mol. The van der Waals surface area contributed by atoms with Gasteiger partial charge in [0.15, 0.2) is 16.1 Å². The highest BCUT2D eigenvalue weighted by atomic mass is 79.9. The monoisotopic (exact) mass is 391 g/mol. The zero-order valence-corrected chi connectivity index (χ0v) is 14.1. The van der Waals surface area contributed by atoms with E-state index in [-0.39, 0.29) is 18.2 Å². The molecule has 0 spiro atoms. The van der Waals surface area contributed by atoms with E-state index < -0.39 is 5.91 Å². The van der Waals surface area contributed by atoms with Crippen molar-refractivity contribution in [2.45, 2.75) is 6.42 Å². The number of furan rings is 1. The number of rotatable bonds is 6. The van der Waals surface area contributed by atoms with Crippen LogP contribution < -0.4 is 10.6 Å². The summed E-state index contributed by atoms with van der Waals surface area (Å²) in [4.78, 5) is 23.5. The van der Waals surface area contributed by atoms with Gasteiger partial charge in [-0.3, -0.25) is 14.0 Å². The third kappa shape index (κ3) is 3.80. The number of pyridine rings is 1. The van der Waals surface area contributed by atoms with Crippen molar-refractivity contribution >= 4 is 33.4 Å². The second kappa shape index (κ2) is 7.26. The minimum absolute atomic E-state index is 0.127. The van der Waals surface area contributed by atoms with Crippen molar-refractivity contribution in [2.24, 2.45) is 0 Å². The Morgan fingerprint density at radius 2 is 2.04 bits per heavy atom. The molecule has 0 aromatic carbocycles. The van der Waals surface area contributed by atoms with E-state index in [1.807, 2.05) is 28.8 Å². The summed E-state index contributed by atoms with van der Waals surface area (Å²) in [7, 11) is 0. The van der Waals surface area contributed by atoms with Gasteiger partial charge in [0.25, 0.3) is 5.91 Å². The molecule has 0 saturated carbocycles. The van der Waals surface area contributed by atoms with Crippen LogP contribution in [0, 0.1) is 0 Å². The van der Waals surface area contributed by atoms with Crippen LogP contribution in [-0.2, 0) is 11.2 Å². The van der Waals surface area contributed by atoms with Gasteiger partial charge in [-0.2, -0.15) is 0 Å². The van der Waals surface area contributed by atoms with Gasteiger partial charge in [-0.05, 0) is 40.2 Å². The van der Waals surface area contributed by atoms with Crippen molar-refractivity contribution in [2.75, 3.05) is 13.1 Å². The molecule has 24 heavy (non-hydrogen) atoms. The Hall–Kier alpha value is -2.68. The first kappa shape index (κ1) is 16.2. The lowest BCUT2D eigenvalue weighted by Crippen LogP contribution is -2.37. The fraction of sp³-hybridized carbons (Fsp3) is 0.200. The standard InChI is InChI=1S/C15H14BrN5O3/c16-11-5-4-10(24-11)15(23)18-9-14(22)17-7-6-13-20-19-12-3-1-2-8-21(12)13/h1-5,8H,6-7,9H2,(H,17,22)(H,18,23). The highest BCUT2D eigenvalue weighted by Crippen LogP contribution is 2.13. The Labute approximate surface area is 145 Å². The lowest BCUT2D eigenvalue weighted by molar-refractivity contribution is -0.120. The van der Waals surface area contributed by atoms with Crippen LogP contribution in [0.5, 0.6) is 0 Å². The number of aromatic nitrogens is 3. The van der Waals surface area contributed by atoms with Crippen molar-refractivity contribution in [3.8, 4) is 0 Å². The number of hydrogen-bond donors (Lipinski definition) is 2. The molecule has 3 heterocycles. The van der Waals surface area contributed by atoms with Crippen LogP contribution in [0.25, 0.3) is 5.65 Å². The van der Waals surface area contributed by atoms with Gasteiger partial charge in [0, 0.05) is 19.2 Å². The average molecular weight is 392 g/mol. The quantitative estimate of drug-likeness (QED) is 0.656. The summed E-state index contributed by atoms with van der Waals surface area (Å²) in [5.74, 6) is 0.169. The molecule has 0 atom stereocenters. The maximum Gasteiger partial charge on any atom is 0.287 e. The summed E-state index contributed by atoms with van der Waals surface area (Å²) in [5, 5.41) is 13.3. The molecule has 0 unspecified atom stereocenters. The van der Waals surface area contributed by atoms with Gasteiger partial charge >= 0.3 is 0 Å². The molecular weight excluding hydrogens is 378 g/mol. The smallest absolute Gasteiger partial charge is 0.287 e. The number of amides is 2. The fourth-order valence-electron chi connectivity index (χ4n) is 2.12. The largest absolute Gasteiger partial charge is 0.444 e. The van der Waals surface area contributed by atoms with E-state index >= 15 is 0 Å². The Bertz CT molecular complexity index is 873. The third-order valence-corrected chi connectivity index (χ3v) is 3.69. The van der Waals surface area contributed by atoms with Crippen LogP contribution in [0.1, 0.15) is 16.4 Å². The van der Waals surface area contributed by atoms with Gasteiger partial charge in [-0.15, -0.1) is 10.2 Å². The van der Waals surface area contributed by atoms with E-state index in [0.29, 0.717) is 17.6 Å². The van der Waals surface area contributed by atoms with Crippen molar-refractivity contribution in [1.29, 1.82) is 0 Å². The van der Waals surface area contributed by atoms with E-state index in [2.05, 4.69) is 36.8 Å². The van der Waals surface area contributed by atoms with Gasteiger partial charge in [0.2, 0.25) is 5.91 Å². The molecule has 3 aromatic heterocycles. The molecule has 3 aromatic rings. The third-order valence-electron chi connectivity index (χ3n) is 3.26. The average Bonchev–Trinajstić information content (AvgIpc) is 3.19. The highest BCUT2D eigenvalue weighted by molar-refractivity contribution is 9.10. The minimum Gasteiger partial charge on any atom is -0.444 e. The fourth-order valence-corrected chi connectivity index (χ4v) is 2.43. The molecule has 0 aliphatic rings. The van der Waals surface area contributed by atoms with Crippen LogP contribution >= 0.6 is 15.9 Å². The molecule has 2 N–H and O–H groups in total. The minimum atomic E-state index is -0.445. The lowest BCUT2D eigenvalue weighted by atomic mass is 10.3. The highest BCUT2D eigenvalue weighted by Gasteiger charge is 2.12. The topological polar surface area (TPSA) is 102 Å². The van der Waals surface area contributed by atoms with Crippen LogP contribution in [0.4, 0.5) is 0 Å². The predicted octanol–water partition coefficient (Wildman–Crippen LogP) is 1.17. The zero-order chi connectivity index (χ0) is 16.9. The van der Waals surface area contributed by atoms with E-state index in [4.69, 9.17) is 4.42 Å². The molecule has 0 radical (unpaired) electrons. The van der Waals surface area contributed by atoms with Crippen molar-refractivity contribution < 1.29 is 14.0 Å². The molecule has 8 nitrogen and oxygen atoms in total. The number of nitrogens with zero attached hydrogens (tertiary/aromatic N) is 3. The second-order valence-corrected chi connectivity index (χ2v) is 5.71. The summed E-state index contributed by atoms with van der Waals surface area (Å²) < 4.78 is 7.42. The van der Waals surface area contributed by atoms with Gasteiger partial charge < -0.3 is 15.1 Å². The summed E-state index contributed by atoms with van der Waals surface area (Å²) in [6.45, 7) is 0.272. The van der Waals surface area contributed by atoms with Crippen molar-refractivity contribution in [3.63, 3.8) is 0 Å². The maximum atomic E-state index is 11.8. The number of carbonyl (C=O) groups excluding carboxylic acids is 2. The SMILES string of the molecule is O=C(CNC(=O)c1ccc(Br)o1)NCCc1nnc2ccccn12. The number of nitrogens with one attached hydrogen (secondary N) is 2. The molecule has 0 aliphatic carbocycles. The first-order valence-corrected chi connectivity index (χ1v) is 8.01. The lowest BCUT2D eigenvalue weighted by Gasteiger charge is -2.05. The van der Waals surface area contributed by atoms with Gasteiger partial charge in [0.1, 0.15) is 5.82 Å². The zero-order valence-electron chi connectivity index (χ0n) is 12.5. The molecule has 9 heteroatoms. The van der Waals surface area contributed by atoms with E-state index in [0.717, 1.165) is 11.5 Å². The molecule has 0 saturated heterocycles.